The second-order valence-corrected chi connectivity index (χ2v) is 7.72. The van der Waals surface area contributed by atoms with Gasteiger partial charge in [-0.3, -0.25) is 4.79 Å². The number of likely N-dealkylation sites (tertiary alicyclic amines) is 1. The van der Waals surface area contributed by atoms with E-state index in [9.17, 15) is 4.79 Å². The molecule has 140 valence electrons. The molecule has 4 rings (SSSR count). The number of morpholine rings is 1. The molecule has 0 N–H and O–H groups in total. The molecule has 0 bridgehead atoms. The average Bonchev–Trinajstić information content (AvgIpc) is 3.04. The van der Waals surface area contributed by atoms with Gasteiger partial charge in [-0.2, -0.15) is 0 Å². The number of hydrogen-bond acceptors (Lipinski definition) is 4. The molecule has 1 aromatic carbocycles. The second kappa shape index (κ2) is 7.05. The van der Waals surface area contributed by atoms with Crippen molar-refractivity contribution < 1.29 is 13.9 Å². The highest BCUT2D eigenvalue weighted by molar-refractivity contribution is 5.88. The molecular formula is C21H28N2O3. The van der Waals surface area contributed by atoms with E-state index in [1.54, 1.807) is 6.26 Å². The summed E-state index contributed by atoms with van der Waals surface area (Å²) in [5.41, 5.74) is 2.86. The molecule has 1 amide bonds. The van der Waals surface area contributed by atoms with E-state index in [1.807, 2.05) is 17.9 Å². The number of furan rings is 1. The van der Waals surface area contributed by atoms with Crippen molar-refractivity contribution >= 4 is 16.9 Å². The van der Waals surface area contributed by atoms with Gasteiger partial charge in [0.2, 0.25) is 5.91 Å². The Hall–Kier alpha value is -1.85. The minimum Gasteiger partial charge on any atom is -0.464 e. The van der Waals surface area contributed by atoms with E-state index >= 15 is 0 Å². The molecule has 0 atom stereocenters. The zero-order chi connectivity index (χ0) is 18.1. The number of carbonyl (C=O) groups excluding carboxylic acids is 1. The van der Waals surface area contributed by atoms with Crippen molar-refractivity contribution in [3.8, 4) is 0 Å². The summed E-state index contributed by atoms with van der Waals surface area (Å²) < 4.78 is 11.8. The fraction of sp³-hybridized carbons (Fsp3) is 0.571. The van der Waals surface area contributed by atoms with Crippen molar-refractivity contribution in [2.75, 3.05) is 39.3 Å². The minimum atomic E-state index is -0.144. The number of benzene rings is 1. The van der Waals surface area contributed by atoms with Gasteiger partial charge in [0.1, 0.15) is 5.58 Å². The molecule has 2 aliphatic rings. The van der Waals surface area contributed by atoms with E-state index in [1.165, 1.54) is 5.56 Å². The summed E-state index contributed by atoms with van der Waals surface area (Å²) in [6.07, 6.45) is 4.16. The molecule has 26 heavy (non-hydrogen) atoms. The quantitative estimate of drug-likeness (QED) is 0.848. The number of fused-ring (bicyclic) bond motifs is 1. The number of hydrogen-bond donors (Lipinski definition) is 0. The molecule has 1 aromatic heterocycles. The molecule has 0 radical (unpaired) electrons. The first-order valence-corrected chi connectivity index (χ1v) is 9.69. The van der Waals surface area contributed by atoms with Crippen LogP contribution in [0.15, 0.2) is 28.9 Å². The van der Waals surface area contributed by atoms with E-state index in [4.69, 9.17) is 9.15 Å². The van der Waals surface area contributed by atoms with Crippen LogP contribution in [-0.2, 0) is 16.0 Å². The van der Waals surface area contributed by atoms with Crippen molar-refractivity contribution in [2.45, 2.75) is 38.7 Å². The fourth-order valence-electron chi connectivity index (χ4n) is 4.24. The van der Waals surface area contributed by atoms with Crippen LogP contribution in [0.1, 0.15) is 30.9 Å². The molecule has 3 heterocycles. The molecule has 2 aliphatic heterocycles. The lowest BCUT2D eigenvalue weighted by Gasteiger charge is -2.47. The summed E-state index contributed by atoms with van der Waals surface area (Å²) in [7, 11) is 0. The third-order valence-corrected chi connectivity index (χ3v) is 5.97. The van der Waals surface area contributed by atoms with Gasteiger partial charge in [-0.05, 0) is 37.9 Å². The third-order valence-electron chi connectivity index (χ3n) is 5.97. The number of rotatable bonds is 3. The monoisotopic (exact) mass is 356 g/mol. The Bertz CT molecular complexity index is 790. The summed E-state index contributed by atoms with van der Waals surface area (Å²) in [6.45, 7) is 9.50. The number of aryl methyl sites for hydroxylation is 1. The normalized spacial score (nSPS) is 20.8. The molecule has 5 heteroatoms. The van der Waals surface area contributed by atoms with E-state index in [2.05, 4.69) is 24.0 Å². The van der Waals surface area contributed by atoms with Crippen molar-refractivity contribution in [1.82, 2.24) is 9.80 Å². The highest BCUT2D eigenvalue weighted by Crippen LogP contribution is 2.31. The SMILES string of the molecule is CCN1CCC2(CC1)CN(C(=O)Cc1coc3cc(C)ccc13)CCO2. The minimum absolute atomic E-state index is 0.144. The molecule has 1 spiro atoms. The highest BCUT2D eigenvalue weighted by atomic mass is 16.5. The maximum Gasteiger partial charge on any atom is 0.227 e. The highest BCUT2D eigenvalue weighted by Gasteiger charge is 2.40. The number of amides is 1. The van der Waals surface area contributed by atoms with Gasteiger partial charge in [0, 0.05) is 37.1 Å². The topological polar surface area (TPSA) is 45.9 Å². The molecule has 2 aromatic rings. The van der Waals surface area contributed by atoms with Gasteiger partial charge < -0.3 is 19.0 Å². The van der Waals surface area contributed by atoms with Gasteiger partial charge in [0.05, 0.1) is 24.9 Å². The van der Waals surface area contributed by atoms with Gasteiger partial charge >= 0.3 is 0 Å². The number of carbonyl (C=O) groups is 1. The third kappa shape index (κ3) is 3.38. The van der Waals surface area contributed by atoms with Gasteiger partial charge in [-0.15, -0.1) is 0 Å². The Morgan fingerprint density at radius 3 is 2.81 bits per heavy atom. The first kappa shape index (κ1) is 17.6. The van der Waals surface area contributed by atoms with Gasteiger partial charge in [-0.1, -0.05) is 19.1 Å². The van der Waals surface area contributed by atoms with Crippen LogP contribution in [0, 0.1) is 6.92 Å². The average molecular weight is 356 g/mol. The molecule has 5 nitrogen and oxygen atoms in total. The summed E-state index contributed by atoms with van der Waals surface area (Å²) in [6, 6.07) is 6.14. The van der Waals surface area contributed by atoms with Crippen LogP contribution in [0.2, 0.25) is 0 Å². The van der Waals surface area contributed by atoms with Crippen molar-refractivity contribution in [3.63, 3.8) is 0 Å². The van der Waals surface area contributed by atoms with Crippen molar-refractivity contribution in [3.05, 3.63) is 35.6 Å². The molecule has 0 unspecified atom stereocenters. The summed E-state index contributed by atoms with van der Waals surface area (Å²) in [5, 5.41) is 1.04. The molecule has 2 saturated heterocycles. The molecular weight excluding hydrogens is 328 g/mol. The Morgan fingerprint density at radius 2 is 2.04 bits per heavy atom. The standard InChI is InChI=1S/C21H28N2O3/c1-3-22-8-6-21(7-9-22)15-23(10-11-26-21)20(24)13-17-14-25-19-12-16(2)4-5-18(17)19/h4-5,12,14H,3,6-11,13,15H2,1-2H3. The first-order valence-electron chi connectivity index (χ1n) is 9.69. The lowest BCUT2D eigenvalue weighted by Crippen LogP contribution is -2.58. The second-order valence-electron chi connectivity index (χ2n) is 7.72. The Kier molecular flexibility index (Phi) is 4.76. The van der Waals surface area contributed by atoms with E-state index in [0.717, 1.165) is 55.6 Å². The lowest BCUT2D eigenvalue weighted by molar-refractivity contribution is -0.158. The van der Waals surface area contributed by atoms with Crippen LogP contribution >= 0.6 is 0 Å². The number of nitrogens with zero attached hydrogens (tertiary/aromatic N) is 2. The van der Waals surface area contributed by atoms with Crippen molar-refractivity contribution in [1.29, 1.82) is 0 Å². The van der Waals surface area contributed by atoms with Crippen LogP contribution in [-0.4, -0.2) is 60.6 Å². The molecule has 2 fully saturated rings. The zero-order valence-electron chi connectivity index (χ0n) is 15.8. The predicted molar refractivity (Wildman–Crippen MR) is 101 cm³/mol. The van der Waals surface area contributed by atoms with Crippen molar-refractivity contribution in [2.24, 2.45) is 0 Å². The predicted octanol–water partition coefficient (Wildman–Crippen LogP) is 3.00. The van der Waals surface area contributed by atoms with Gasteiger partial charge in [-0.25, -0.2) is 0 Å². The van der Waals surface area contributed by atoms with E-state index < -0.39 is 0 Å². The Balaban J connectivity index is 1.44. The fourth-order valence-corrected chi connectivity index (χ4v) is 4.24. The van der Waals surface area contributed by atoms with Crippen LogP contribution in [0.4, 0.5) is 0 Å². The van der Waals surface area contributed by atoms with E-state index in [0.29, 0.717) is 19.6 Å². The summed E-state index contributed by atoms with van der Waals surface area (Å²) in [4.78, 5) is 17.4. The summed E-state index contributed by atoms with van der Waals surface area (Å²) in [5.74, 6) is 0.175. The summed E-state index contributed by atoms with van der Waals surface area (Å²) >= 11 is 0. The number of ether oxygens (including phenoxy) is 1. The van der Waals surface area contributed by atoms with Crippen LogP contribution in [0.25, 0.3) is 11.0 Å². The van der Waals surface area contributed by atoms with Crippen LogP contribution < -0.4 is 0 Å². The largest absolute Gasteiger partial charge is 0.464 e. The lowest BCUT2D eigenvalue weighted by atomic mass is 9.89. The smallest absolute Gasteiger partial charge is 0.227 e. The number of piperidine rings is 1. The maximum absolute atomic E-state index is 12.9. The Morgan fingerprint density at radius 1 is 1.23 bits per heavy atom. The van der Waals surface area contributed by atoms with Crippen LogP contribution in [0.5, 0.6) is 0 Å². The zero-order valence-corrected chi connectivity index (χ0v) is 15.8. The van der Waals surface area contributed by atoms with Gasteiger partial charge in [0.15, 0.2) is 0 Å². The molecule has 0 aliphatic carbocycles. The Labute approximate surface area is 154 Å². The van der Waals surface area contributed by atoms with E-state index in [-0.39, 0.29) is 11.5 Å². The van der Waals surface area contributed by atoms with Gasteiger partial charge in [0.25, 0.3) is 0 Å². The van der Waals surface area contributed by atoms with Crippen LogP contribution in [0.3, 0.4) is 0 Å². The molecule has 0 saturated carbocycles. The maximum atomic E-state index is 12.9. The first-order chi connectivity index (χ1) is 12.6.